The number of carbonyl (C=O) groups excluding carboxylic acids is 1. The topological polar surface area (TPSA) is 62.5 Å². The predicted octanol–water partition coefficient (Wildman–Crippen LogP) is 3.89. The van der Waals surface area contributed by atoms with Crippen LogP contribution in [0.4, 0.5) is 23.7 Å². The van der Waals surface area contributed by atoms with Gasteiger partial charge in [-0.05, 0) is 12.8 Å². The Morgan fingerprint density at radius 1 is 1.27 bits per heavy atom. The molecule has 10 heteroatoms. The molecule has 0 saturated heterocycles. The summed E-state index contributed by atoms with van der Waals surface area (Å²) in [4.78, 5) is 17.9. The Morgan fingerprint density at radius 2 is 2.00 bits per heavy atom. The van der Waals surface area contributed by atoms with Crippen LogP contribution in [0.3, 0.4) is 0 Å². The molecule has 0 aromatic carbocycles. The van der Waals surface area contributed by atoms with E-state index >= 15 is 0 Å². The number of rotatable bonds is 1. The van der Waals surface area contributed by atoms with Gasteiger partial charge in [0.1, 0.15) is 5.92 Å². The van der Waals surface area contributed by atoms with E-state index in [-0.39, 0.29) is 28.2 Å². The van der Waals surface area contributed by atoms with Gasteiger partial charge in [-0.1, -0.05) is 30.9 Å². The molecular weight excluding hydrogens is 371 g/mol. The lowest BCUT2D eigenvalue weighted by atomic mass is 9.96. The van der Waals surface area contributed by atoms with E-state index in [1.807, 2.05) is 0 Å². The molecule has 2 aliphatic rings. The number of amides is 2. The zero-order valence-electron chi connectivity index (χ0n) is 13.8. The molecule has 26 heavy (non-hydrogen) atoms. The van der Waals surface area contributed by atoms with Gasteiger partial charge in [-0.15, -0.1) is 0 Å². The maximum Gasteiger partial charge on any atom is 0.399 e. The van der Waals surface area contributed by atoms with Gasteiger partial charge in [0.25, 0.3) is 0 Å². The minimum atomic E-state index is -4.51. The minimum Gasteiger partial charge on any atom is -0.335 e. The number of hydrogen-bond acceptors (Lipinski definition) is 3. The molecule has 2 amide bonds. The first-order valence-electron chi connectivity index (χ1n) is 8.53. The highest BCUT2D eigenvalue weighted by molar-refractivity contribution is 6.29. The molecule has 1 saturated carbocycles. The number of fused-ring (bicyclic) bond motifs is 3. The molecule has 1 aliphatic carbocycles. The number of halogens is 4. The van der Waals surface area contributed by atoms with E-state index in [1.165, 1.54) is 12.3 Å². The maximum absolute atomic E-state index is 13.6. The Hall–Kier alpha value is -2.03. The molecule has 3 heterocycles. The first-order valence-corrected chi connectivity index (χ1v) is 8.91. The van der Waals surface area contributed by atoms with Gasteiger partial charge < -0.3 is 5.32 Å². The van der Waals surface area contributed by atoms with E-state index in [4.69, 9.17) is 11.6 Å². The number of anilines is 1. The van der Waals surface area contributed by atoms with Crippen LogP contribution in [0.2, 0.25) is 5.15 Å². The Bertz CT molecular complexity index is 846. The van der Waals surface area contributed by atoms with Gasteiger partial charge in [0, 0.05) is 18.7 Å². The average molecular weight is 388 g/mol. The summed E-state index contributed by atoms with van der Waals surface area (Å²) in [5.74, 6) is -1.84. The third-order valence-electron chi connectivity index (χ3n) is 5.03. The summed E-state index contributed by atoms with van der Waals surface area (Å²) in [6.45, 7) is -0.490. The van der Waals surface area contributed by atoms with Crippen LogP contribution < -0.4 is 10.2 Å². The van der Waals surface area contributed by atoms with Gasteiger partial charge in [0.2, 0.25) is 0 Å². The molecule has 0 unspecified atom stereocenters. The molecular formula is C16H17ClF3N5O. The second-order valence-electron chi connectivity index (χ2n) is 6.75. The number of nitrogens with one attached hydrogen (secondary N) is 1. The second-order valence-corrected chi connectivity index (χ2v) is 7.14. The van der Waals surface area contributed by atoms with Gasteiger partial charge in [0.05, 0.1) is 17.6 Å². The Morgan fingerprint density at radius 3 is 2.69 bits per heavy atom. The molecule has 6 nitrogen and oxygen atoms in total. The van der Waals surface area contributed by atoms with Crippen molar-refractivity contribution >= 4 is 29.0 Å². The van der Waals surface area contributed by atoms with Crippen molar-refractivity contribution in [1.29, 1.82) is 0 Å². The Labute approximate surface area is 152 Å². The third-order valence-corrected chi connectivity index (χ3v) is 5.21. The zero-order chi connectivity index (χ0) is 18.5. The number of hydrogen-bond donors (Lipinski definition) is 1. The van der Waals surface area contributed by atoms with E-state index in [9.17, 15) is 18.0 Å². The van der Waals surface area contributed by atoms with Crippen molar-refractivity contribution in [3.05, 3.63) is 23.1 Å². The SMILES string of the molecule is O=C(NC1CCCCC1)N1C[C@@H](C(F)(F)F)c2c1cnc1cc(Cl)nn21. The average Bonchev–Trinajstić information content (AvgIpc) is 3.14. The monoisotopic (exact) mass is 387 g/mol. The largest absolute Gasteiger partial charge is 0.399 e. The van der Waals surface area contributed by atoms with Crippen LogP contribution in [0.5, 0.6) is 0 Å². The molecule has 2 aromatic heterocycles. The van der Waals surface area contributed by atoms with Crippen molar-refractivity contribution in [1.82, 2.24) is 19.9 Å². The summed E-state index contributed by atoms with van der Waals surface area (Å²) < 4.78 is 41.9. The van der Waals surface area contributed by atoms with Crippen LogP contribution in [-0.2, 0) is 0 Å². The lowest BCUT2D eigenvalue weighted by Gasteiger charge is -2.26. The van der Waals surface area contributed by atoms with Crippen molar-refractivity contribution in [2.45, 2.75) is 50.2 Å². The molecule has 1 aliphatic heterocycles. The van der Waals surface area contributed by atoms with Crippen LogP contribution in [-0.4, -0.2) is 39.4 Å². The third kappa shape index (κ3) is 2.98. The second kappa shape index (κ2) is 6.29. The molecule has 1 fully saturated rings. The normalized spacial score (nSPS) is 21.2. The summed E-state index contributed by atoms with van der Waals surface area (Å²) in [6.07, 6.45) is 1.62. The molecule has 1 N–H and O–H groups in total. The van der Waals surface area contributed by atoms with Crippen LogP contribution in [0.25, 0.3) is 5.65 Å². The summed E-state index contributed by atoms with van der Waals surface area (Å²) in [5.41, 5.74) is 0.235. The van der Waals surface area contributed by atoms with Crippen molar-refractivity contribution in [2.75, 3.05) is 11.4 Å². The quantitative estimate of drug-likeness (QED) is 0.807. The summed E-state index contributed by atoms with van der Waals surface area (Å²) in [7, 11) is 0. The van der Waals surface area contributed by atoms with Gasteiger partial charge >= 0.3 is 12.2 Å². The number of carbonyl (C=O) groups is 1. The fourth-order valence-electron chi connectivity index (χ4n) is 3.77. The van der Waals surface area contributed by atoms with E-state index in [1.54, 1.807) is 0 Å². The summed E-state index contributed by atoms with van der Waals surface area (Å²) >= 11 is 5.83. The molecule has 0 radical (unpaired) electrons. The fraction of sp³-hybridized carbons (Fsp3) is 0.562. The van der Waals surface area contributed by atoms with Crippen molar-refractivity contribution in [2.24, 2.45) is 0 Å². The lowest BCUT2D eigenvalue weighted by Crippen LogP contribution is -2.45. The molecule has 140 valence electrons. The highest BCUT2D eigenvalue weighted by Gasteiger charge is 2.50. The smallest absolute Gasteiger partial charge is 0.335 e. The first-order chi connectivity index (χ1) is 12.3. The number of alkyl halides is 3. The van der Waals surface area contributed by atoms with Crippen LogP contribution in [0.1, 0.15) is 43.7 Å². The maximum atomic E-state index is 13.6. The molecule has 1 atom stereocenters. The lowest BCUT2D eigenvalue weighted by molar-refractivity contribution is -0.147. The molecule has 0 bridgehead atoms. The zero-order valence-corrected chi connectivity index (χ0v) is 14.5. The van der Waals surface area contributed by atoms with E-state index in [0.29, 0.717) is 0 Å². The Kier molecular flexibility index (Phi) is 4.21. The van der Waals surface area contributed by atoms with Gasteiger partial charge in [0.15, 0.2) is 10.8 Å². The summed E-state index contributed by atoms with van der Waals surface area (Å²) in [5, 5.41) is 6.84. The minimum absolute atomic E-state index is 0.000440. The molecule has 0 spiro atoms. The van der Waals surface area contributed by atoms with E-state index in [0.717, 1.165) is 41.5 Å². The molecule has 4 rings (SSSR count). The van der Waals surface area contributed by atoms with Crippen molar-refractivity contribution < 1.29 is 18.0 Å². The highest BCUT2D eigenvalue weighted by Crippen LogP contribution is 2.45. The number of nitrogens with zero attached hydrogens (tertiary/aromatic N) is 4. The fourth-order valence-corrected chi connectivity index (χ4v) is 3.94. The number of urea groups is 1. The Balaban J connectivity index is 1.70. The van der Waals surface area contributed by atoms with E-state index < -0.39 is 24.7 Å². The van der Waals surface area contributed by atoms with Gasteiger partial charge in [-0.3, -0.25) is 4.90 Å². The highest BCUT2D eigenvalue weighted by atomic mass is 35.5. The van der Waals surface area contributed by atoms with Crippen molar-refractivity contribution in [3.8, 4) is 0 Å². The number of aromatic nitrogens is 3. The summed E-state index contributed by atoms with van der Waals surface area (Å²) in [6, 6.07) is 0.866. The van der Waals surface area contributed by atoms with Crippen molar-refractivity contribution in [3.63, 3.8) is 0 Å². The van der Waals surface area contributed by atoms with Gasteiger partial charge in [-0.25, -0.2) is 14.3 Å². The van der Waals surface area contributed by atoms with E-state index in [2.05, 4.69) is 15.4 Å². The standard InChI is InChI=1S/C16H17ClF3N5O/c17-12-6-13-21-7-11-14(25(13)23-12)10(16(18,19)20)8-24(11)15(26)22-9-4-2-1-3-5-9/h6-7,9-10H,1-5,8H2,(H,22,26)/t10-/m1/s1. The predicted molar refractivity (Wildman–Crippen MR) is 89.5 cm³/mol. The molecule has 2 aromatic rings. The van der Waals surface area contributed by atoms with Gasteiger partial charge in [-0.2, -0.15) is 18.3 Å². The van der Waals surface area contributed by atoms with Crippen LogP contribution in [0, 0.1) is 0 Å². The van der Waals surface area contributed by atoms with Crippen LogP contribution in [0.15, 0.2) is 12.3 Å². The van der Waals surface area contributed by atoms with Crippen LogP contribution >= 0.6 is 11.6 Å². The first kappa shape index (κ1) is 17.4.